The van der Waals surface area contributed by atoms with Gasteiger partial charge < -0.3 is 10.4 Å². The molecule has 2 unspecified atom stereocenters. The van der Waals surface area contributed by atoms with Crippen LogP contribution in [0.15, 0.2) is 30.3 Å². The molecule has 3 nitrogen and oxygen atoms in total. The summed E-state index contributed by atoms with van der Waals surface area (Å²) in [5.74, 6) is 3.21. The number of aliphatic hydroxyl groups excluding tert-OH is 1. The van der Waals surface area contributed by atoms with Crippen LogP contribution in [0, 0.1) is 18.3 Å². The summed E-state index contributed by atoms with van der Waals surface area (Å²) >= 11 is 1.57. The monoisotopic (exact) mass is 353 g/mol. The Kier molecular flexibility index (Phi) is 5.57. The molecule has 0 saturated carbocycles. The van der Waals surface area contributed by atoms with Crippen molar-refractivity contribution >= 4 is 22.2 Å². The predicted octanol–water partition coefficient (Wildman–Crippen LogP) is 3.96. The minimum atomic E-state index is -0.00911. The van der Waals surface area contributed by atoms with E-state index in [2.05, 4.69) is 18.2 Å². The maximum Gasteiger partial charge on any atom is 0.225 e. The third kappa shape index (κ3) is 3.95. The lowest BCUT2D eigenvalue weighted by molar-refractivity contribution is -0.116. The molecular formula is C21H23NO2S. The Hall–Kier alpha value is -2.09. The van der Waals surface area contributed by atoms with Gasteiger partial charge in [0.25, 0.3) is 0 Å². The lowest BCUT2D eigenvalue weighted by Crippen LogP contribution is -2.16. The fourth-order valence-corrected chi connectivity index (χ4v) is 4.75. The fourth-order valence-electron chi connectivity index (χ4n) is 3.41. The van der Waals surface area contributed by atoms with E-state index in [1.807, 2.05) is 30.3 Å². The first kappa shape index (κ1) is 17.7. The molecule has 1 aliphatic carbocycles. The summed E-state index contributed by atoms with van der Waals surface area (Å²) in [6, 6.07) is 10.1. The Bertz CT molecular complexity index is 788. The van der Waals surface area contributed by atoms with E-state index in [0.29, 0.717) is 12.3 Å². The van der Waals surface area contributed by atoms with Gasteiger partial charge in [0.15, 0.2) is 0 Å². The van der Waals surface area contributed by atoms with Crippen molar-refractivity contribution in [1.82, 2.24) is 0 Å². The predicted molar refractivity (Wildman–Crippen MR) is 103 cm³/mol. The average molecular weight is 353 g/mol. The largest absolute Gasteiger partial charge is 0.396 e. The normalized spacial score (nSPS) is 17.4. The zero-order chi connectivity index (χ0) is 17.8. The molecule has 2 atom stereocenters. The highest BCUT2D eigenvalue weighted by Gasteiger charge is 2.25. The number of anilines is 1. The number of hydrogen-bond acceptors (Lipinski definition) is 3. The highest BCUT2D eigenvalue weighted by molar-refractivity contribution is 7.16. The van der Waals surface area contributed by atoms with Gasteiger partial charge >= 0.3 is 0 Å². The quantitative estimate of drug-likeness (QED) is 0.800. The van der Waals surface area contributed by atoms with Crippen LogP contribution < -0.4 is 5.32 Å². The lowest BCUT2D eigenvalue weighted by atomic mass is 9.88. The van der Waals surface area contributed by atoms with Crippen molar-refractivity contribution in [3.05, 3.63) is 51.9 Å². The van der Waals surface area contributed by atoms with Gasteiger partial charge in [-0.1, -0.05) is 43.2 Å². The van der Waals surface area contributed by atoms with E-state index in [9.17, 15) is 9.90 Å². The molecule has 0 aliphatic heterocycles. The van der Waals surface area contributed by atoms with E-state index in [-0.39, 0.29) is 18.4 Å². The second-order valence-electron chi connectivity index (χ2n) is 6.71. The van der Waals surface area contributed by atoms with E-state index >= 15 is 0 Å². The standard InChI is InChI=1S/C21H23NO2S/c1-3-17-18-10-9-15(13-23)12-19(18)25-21(17)22-20(24)11-14(2)16-7-5-4-6-8-16/h1,4-8,14-15,23H,9-13H2,2H3,(H,22,24). The van der Waals surface area contributed by atoms with Crippen LogP contribution in [0.2, 0.25) is 0 Å². The van der Waals surface area contributed by atoms with E-state index in [4.69, 9.17) is 6.42 Å². The fraction of sp³-hybridized carbons (Fsp3) is 0.381. The van der Waals surface area contributed by atoms with Gasteiger partial charge in [-0.15, -0.1) is 17.8 Å². The molecule has 25 heavy (non-hydrogen) atoms. The molecule has 3 rings (SSSR count). The molecule has 4 heteroatoms. The summed E-state index contributed by atoms with van der Waals surface area (Å²) in [5, 5.41) is 13.2. The van der Waals surface area contributed by atoms with E-state index in [1.54, 1.807) is 11.3 Å². The number of carbonyl (C=O) groups is 1. The lowest BCUT2D eigenvalue weighted by Gasteiger charge is -2.19. The maximum atomic E-state index is 12.5. The third-order valence-electron chi connectivity index (χ3n) is 4.88. The van der Waals surface area contributed by atoms with Gasteiger partial charge in [-0.25, -0.2) is 0 Å². The summed E-state index contributed by atoms with van der Waals surface area (Å²) in [6.07, 6.45) is 8.82. The van der Waals surface area contributed by atoms with Crippen LogP contribution in [0.4, 0.5) is 5.00 Å². The maximum absolute atomic E-state index is 12.5. The number of benzene rings is 1. The molecule has 0 spiro atoms. The van der Waals surface area contributed by atoms with Gasteiger partial charge in [0.05, 0.1) is 5.56 Å². The molecule has 0 bridgehead atoms. The molecule has 0 fully saturated rings. The number of aliphatic hydroxyl groups is 1. The molecule has 2 aromatic rings. The van der Waals surface area contributed by atoms with Gasteiger partial charge in [0.2, 0.25) is 5.91 Å². The van der Waals surface area contributed by atoms with Crippen LogP contribution in [0.25, 0.3) is 0 Å². The Morgan fingerprint density at radius 1 is 1.44 bits per heavy atom. The first-order chi connectivity index (χ1) is 12.1. The van der Waals surface area contributed by atoms with Gasteiger partial charge in [-0.3, -0.25) is 4.79 Å². The van der Waals surface area contributed by atoms with Gasteiger partial charge in [0, 0.05) is 17.9 Å². The molecule has 0 saturated heterocycles. The first-order valence-corrected chi connectivity index (χ1v) is 9.50. The number of hydrogen-bond donors (Lipinski definition) is 2. The van der Waals surface area contributed by atoms with Crippen molar-refractivity contribution in [1.29, 1.82) is 0 Å². The number of amides is 1. The molecule has 2 N–H and O–H groups in total. The van der Waals surface area contributed by atoms with Crippen LogP contribution in [-0.2, 0) is 17.6 Å². The number of carbonyl (C=O) groups excluding carboxylic acids is 1. The summed E-state index contributed by atoms with van der Waals surface area (Å²) in [7, 11) is 0. The van der Waals surface area contributed by atoms with E-state index in [1.165, 1.54) is 10.4 Å². The molecule has 1 heterocycles. The van der Waals surface area contributed by atoms with Crippen LogP contribution >= 0.6 is 11.3 Å². The summed E-state index contributed by atoms with van der Waals surface area (Å²) in [6.45, 7) is 2.27. The van der Waals surface area contributed by atoms with Crippen LogP contribution in [0.5, 0.6) is 0 Å². The molecule has 0 radical (unpaired) electrons. The number of nitrogens with one attached hydrogen (secondary N) is 1. The molecule has 1 aliphatic rings. The van der Waals surface area contributed by atoms with Crippen molar-refractivity contribution in [2.75, 3.05) is 11.9 Å². The van der Waals surface area contributed by atoms with Crippen molar-refractivity contribution in [3.8, 4) is 12.3 Å². The first-order valence-electron chi connectivity index (χ1n) is 8.69. The van der Waals surface area contributed by atoms with Crippen LogP contribution in [0.1, 0.15) is 47.3 Å². The van der Waals surface area contributed by atoms with Crippen LogP contribution in [0.3, 0.4) is 0 Å². The number of rotatable bonds is 5. The number of terminal acetylenes is 1. The van der Waals surface area contributed by atoms with E-state index < -0.39 is 0 Å². The smallest absolute Gasteiger partial charge is 0.225 e. The topological polar surface area (TPSA) is 49.3 Å². The highest BCUT2D eigenvalue weighted by Crippen LogP contribution is 2.39. The van der Waals surface area contributed by atoms with Crippen molar-refractivity contribution in [3.63, 3.8) is 0 Å². The second-order valence-corrected chi connectivity index (χ2v) is 7.81. The highest BCUT2D eigenvalue weighted by atomic mass is 32.1. The summed E-state index contributed by atoms with van der Waals surface area (Å²) < 4.78 is 0. The Labute approximate surface area is 153 Å². The van der Waals surface area contributed by atoms with Gasteiger partial charge in [-0.2, -0.15) is 0 Å². The minimum absolute atomic E-state index is 0.00911. The van der Waals surface area contributed by atoms with E-state index in [0.717, 1.165) is 35.4 Å². The summed E-state index contributed by atoms with van der Waals surface area (Å²) in [5.41, 5.74) is 3.17. The summed E-state index contributed by atoms with van der Waals surface area (Å²) in [4.78, 5) is 13.7. The van der Waals surface area contributed by atoms with Gasteiger partial charge in [0.1, 0.15) is 5.00 Å². The zero-order valence-corrected chi connectivity index (χ0v) is 15.2. The molecular weight excluding hydrogens is 330 g/mol. The third-order valence-corrected chi connectivity index (χ3v) is 6.05. The molecule has 130 valence electrons. The second kappa shape index (κ2) is 7.86. The average Bonchev–Trinajstić information content (AvgIpc) is 2.97. The van der Waals surface area contributed by atoms with Crippen molar-refractivity contribution in [2.24, 2.45) is 5.92 Å². The Balaban J connectivity index is 1.71. The number of fused-ring (bicyclic) bond motifs is 1. The Morgan fingerprint density at radius 2 is 2.20 bits per heavy atom. The SMILES string of the molecule is C#Cc1c(NC(=O)CC(C)c2ccccc2)sc2c1CCC(CO)C2. The minimum Gasteiger partial charge on any atom is -0.396 e. The van der Waals surface area contributed by atoms with Crippen molar-refractivity contribution < 1.29 is 9.90 Å². The number of thiophene rings is 1. The van der Waals surface area contributed by atoms with Crippen LogP contribution in [-0.4, -0.2) is 17.6 Å². The zero-order valence-electron chi connectivity index (χ0n) is 14.4. The molecule has 1 amide bonds. The molecule has 1 aromatic carbocycles. The molecule has 1 aromatic heterocycles. The Morgan fingerprint density at radius 3 is 2.88 bits per heavy atom. The van der Waals surface area contributed by atoms with Crippen molar-refractivity contribution in [2.45, 2.75) is 38.5 Å². The van der Waals surface area contributed by atoms with Gasteiger partial charge in [-0.05, 0) is 42.2 Å².